The van der Waals surface area contributed by atoms with Crippen molar-refractivity contribution in [3.05, 3.63) is 66.3 Å². The lowest BCUT2D eigenvalue weighted by Crippen LogP contribution is -2.25. The lowest BCUT2D eigenvalue weighted by molar-refractivity contribution is 0.0609. The third-order valence-electron chi connectivity index (χ3n) is 4.86. The fourth-order valence-electron chi connectivity index (χ4n) is 3.22. The first-order chi connectivity index (χ1) is 11.8. The molecule has 0 bridgehead atoms. The predicted molar refractivity (Wildman–Crippen MR) is 105 cm³/mol. The van der Waals surface area contributed by atoms with E-state index < -0.39 is 0 Å². The molecule has 1 heteroatoms. The Kier molecular flexibility index (Phi) is 8.04. The Morgan fingerprint density at radius 3 is 2.62 bits per heavy atom. The summed E-state index contributed by atoms with van der Waals surface area (Å²) >= 11 is 0. The van der Waals surface area contributed by atoms with E-state index in [4.69, 9.17) is 4.74 Å². The second-order valence-electron chi connectivity index (χ2n) is 6.91. The van der Waals surface area contributed by atoms with E-state index in [1.807, 2.05) is 6.08 Å². The van der Waals surface area contributed by atoms with Gasteiger partial charge in [0.15, 0.2) is 0 Å². The summed E-state index contributed by atoms with van der Waals surface area (Å²) in [7, 11) is 0. The maximum absolute atomic E-state index is 5.96. The number of benzene rings is 1. The van der Waals surface area contributed by atoms with Crippen LogP contribution >= 0.6 is 0 Å². The third kappa shape index (κ3) is 6.13. The smallest absolute Gasteiger partial charge is 0.0560 e. The molecule has 0 heterocycles. The van der Waals surface area contributed by atoms with Gasteiger partial charge >= 0.3 is 0 Å². The van der Waals surface area contributed by atoms with Gasteiger partial charge in [0.1, 0.15) is 0 Å². The predicted octanol–water partition coefficient (Wildman–Crippen LogP) is 6.36. The van der Waals surface area contributed by atoms with Gasteiger partial charge < -0.3 is 4.74 Å². The van der Waals surface area contributed by atoms with Crippen molar-refractivity contribution >= 4 is 6.08 Å². The van der Waals surface area contributed by atoms with Crippen LogP contribution < -0.4 is 0 Å². The molecular weight excluding hydrogens is 292 g/mol. The second kappa shape index (κ2) is 10.3. The second-order valence-corrected chi connectivity index (χ2v) is 6.91. The summed E-state index contributed by atoms with van der Waals surface area (Å²) in [4.78, 5) is 0. The summed E-state index contributed by atoms with van der Waals surface area (Å²) in [5.74, 6) is 0. The molecule has 2 rings (SSSR count). The van der Waals surface area contributed by atoms with Crippen LogP contribution in [0.1, 0.15) is 56.6 Å². The van der Waals surface area contributed by atoms with Gasteiger partial charge in [-0.05, 0) is 43.2 Å². The highest BCUT2D eigenvalue weighted by atomic mass is 16.5. The summed E-state index contributed by atoms with van der Waals surface area (Å²) in [5.41, 5.74) is 2.84. The molecule has 1 aromatic carbocycles. The van der Waals surface area contributed by atoms with E-state index in [2.05, 4.69) is 62.1 Å². The zero-order valence-electron chi connectivity index (χ0n) is 15.2. The van der Waals surface area contributed by atoms with Crippen LogP contribution in [0.15, 0.2) is 55.1 Å². The zero-order chi connectivity index (χ0) is 17.1. The van der Waals surface area contributed by atoms with Crippen molar-refractivity contribution in [2.24, 2.45) is 5.41 Å². The number of hydrogen-bond donors (Lipinski definition) is 0. The molecule has 1 nitrogen and oxygen atoms in total. The van der Waals surface area contributed by atoms with Crippen molar-refractivity contribution in [2.75, 3.05) is 13.2 Å². The Morgan fingerprint density at radius 1 is 1.12 bits per heavy atom. The van der Waals surface area contributed by atoms with Crippen LogP contribution in [0.5, 0.6) is 0 Å². The van der Waals surface area contributed by atoms with Gasteiger partial charge in [-0.1, -0.05) is 81.0 Å². The normalized spacial score (nSPS) is 19.5. The Bertz CT molecular complexity index is 538. The molecule has 130 valence electrons. The molecule has 0 radical (unpaired) electrons. The maximum Gasteiger partial charge on any atom is 0.0560 e. The third-order valence-corrected chi connectivity index (χ3v) is 4.86. The average molecular weight is 325 g/mol. The first-order valence-electron chi connectivity index (χ1n) is 9.41. The summed E-state index contributed by atoms with van der Waals surface area (Å²) in [6, 6.07) is 8.76. The first-order valence-corrected chi connectivity index (χ1v) is 9.41. The molecule has 0 aromatic heterocycles. The molecule has 0 spiro atoms. The van der Waals surface area contributed by atoms with Crippen molar-refractivity contribution < 1.29 is 4.74 Å². The van der Waals surface area contributed by atoms with E-state index in [1.54, 1.807) is 0 Å². The number of ether oxygens (including phenoxy) is 1. The highest BCUT2D eigenvalue weighted by molar-refractivity contribution is 5.47. The molecule has 1 atom stereocenters. The van der Waals surface area contributed by atoms with E-state index in [1.165, 1.54) is 36.8 Å². The van der Waals surface area contributed by atoms with Gasteiger partial charge in [-0.25, -0.2) is 0 Å². The van der Waals surface area contributed by atoms with Gasteiger partial charge in [-0.15, -0.1) is 0 Å². The van der Waals surface area contributed by atoms with Crippen LogP contribution in [0.4, 0.5) is 0 Å². The maximum atomic E-state index is 5.96. The number of allylic oxidation sites excluding steroid dienone is 3. The molecule has 1 aliphatic carbocycles. The van der Waals surface area contributed by atoms with Crippen molar-refractivity contribution in [3.8, 4) is 0 Å². The minimum atomic E-state index is 0.217. The molecule has 24 heavy (non-hydrogen) atoms. The fourth-order valence-corrected chi connectivity index (χ4v) is 3.22. The van der Waals surface area contributed by atoms with Crippen LogP contribution in [-0.4, -0.2) is 13.2 Å². The lowest BCUT2D eigenvalue weighted by Gasteiger charge is -2.31. The highest BCUT2D eigenvalue weighted by Gasteiger charge is 2.26. The van der Waals surface area contributed by atoms with Gasteiger partial charge in [0.2, 0.25) is 0 Å². The van der Waals surface area contributed by atoms with Gasteiger partial charge in [0.05, 0.1) is 6.61 Å². The quantitative estimate of drug-likeness (QED) is 0.430. The monoisotopic (exact) mass is 324 g/mol. The number of rotatable bonds is 11. The lowest BCUT2D eigenvalue weighted by atomic mass is 9.78. The van der Waals surface area contributed by atoms with E-state index in [-0.39, 0.29) is 5.41 Å². The standard InChI is InChI=1S/C23H32O/c1-3-5-19-24-20-23(16-8-6-9-17-23)18-10-7-11-22-14-12-21(4-2)13-15-22/h4,6,8-9,12-16H,2-3,5,7,10-11,17-20H2,1H3. The molecule has 0 amide bonds. The molecule has 0 saturated carbocycles. The number of unbranched alkanes of at least 4 members (excludes halogenated alkanes) is 2. The van der Waals surface area contributed by atoms with Gasteiger partial charge in [-0.2, -0.15) is 0 Å². The largest absolute Gasteiger partial charge is 0.381 e. The Labute approximate surface area is 148 Å². The minimum absolute atomic E-state index is 0.217. The Hall–Kier alpha value is -1.60. The van der Waals surface area contributed by atoms with Crippen LogP contribution in [0, 0.1) is 5.41 Å². The molecular formula is C23H32O. The topological polar surface area (TPSA) is 9.23 Å². The number of hydrogen-bond acceptors (Lipinski definition) is 1. The van der Waals surface area contributed by atoms with E-state index >= 15 is 0 Å². The van der Waals surface area contributed by atoms with Crippen LogP contribution in [0.2, 0.25) is 0 Å². The van der Waals surface area contributed by atoms with Gasteiger partial charge in [0.25, 0.3) is 0 Å². The first kappa shape index (κ1) is 18.7. The molecule has 0 saturated heterocycles. The van der Waals surface area contributed by atoms with Gasteiger partial charge in [0, 0.05) is 12.0 Å². The summed E-state index contributed by atoms with van der Waals surface area (Å²) in [5, 5.41) is 0. The highest BCUT2D eigenvalue weighted by Crippen LogP contribution is 2.34. The van der Waals surface area contributed by atoms with Crippen molar-refractivity contribution in [1.29, 1.82) is 0 Å². The molecule has 0 aliphatic heterocycles. The zero-order valence-corrected chi connectivity index (χ0v) is 15.2. The van der Waals surface area contributed by atoms with Crippen molar-refractivity contribution in [3.63, 3.8) is 0 Å². The van der Waals surface area contributed by atoms with Crippen molar-refractivity contribution in [1.82, 2.24) is 0 Å². The summed E-state index contributed by atoms with van der Waals surface area (Å²) in [6.07, 6.45) is 19.2. The summed E-state index contributed by atoms with van der Waals surface area (Å²) in [6.45, 7) is 7.78. The Morgan fingerprint density at radius 2 is 1.96 bits per heavy atom. The Balaban J connectivity index is 1.76. The van der Waals surface area contributed by atoms with E-state index in [0.717, 1.165) is 32.5 Å². The molecule has 0 N–H and O–H groups in total. The van der Waals surface area contributed by atoms with E-state index in [9.17, 15) is 0 Å². The molecule has 1 aliphatic rings. The van der Waals surface area contributed by atoms with Crippen LogP contribution in [0.3, 0.4) is 0 Å². The number of aryl methyl sites for hydroxylation is 1. The SMILES string of the molecule is C=Cc1ccc(CCCCC2(COCCCC)C=CC=CC2)cc1. The summed E-state index contributed by atoms with van der Waals surface area (Å²) < 4.78 is 5.96. The van der Waals surface area contributed by atoms with Gasteiger partial charge in [-0.3, -0.25) is 0 Å². The van der Waals surface area contributed by atoms with Crippen molar-refractivity contribution in [2.45, 2.75) is 51.9 Å². The fraction of sp³-hybridized carbons (Fsp3) is 0.478. The minimum Gasteiger partial charge on any atom is -0.381 e. The average Bonchev–Trinajstić information content (AvgIpc) is 2.64. The molecule has 1 unspecified atom stereocenters. The van der Waals surface area contributed by atoms with Crippen LogP contribution in [-0.2, 0) is 11.2 Å². The molecule has 0 fully saturated rings. The van der Waals surface area contributed by atoms with Crippen LogP contribution in [0.25, 0.3) is 6.08 Å². The molecule has 1 aromatic rings. The van der Waals surface area contributed by atoms with E-state index in [0.29, 0.717) is 0 Å².